The fraction of sp³-hybridized carbons (Fsp3) is 0.600. The van der Waals surface area contributed by atoms with Crippen LogP contribution in [0.1, 0.15) is 37.3 Å². The van der Waals surface area contributed by atoms with Crippen LogP contribution in [0.3, 0.4) is 0 Å². The minimum atomic E-state index is -2.84. The third kappa shape index (κ3) is 3.55. The lowest BCUT2D eigenvalue weighted by Crippen LogP contribution is -2.39. The van der Waals surface area contributed by atoms with Crippen LogP contribution in [-0.4, -0.2) is 32.6 Å². The van der Waals surface area contributed by atoms with Crippen LogP contribution in [0.25, 0.3) is 0 Å². The highest BCUT2D eigenvalue weighted by Gasteiger charge is 2.27. The number of rotatable bonds is 2. The normalized spacial score (nSPS) is 25.7. The van der Waals surface area contributed by atoms with Gasteiger partial charge in [0.2, 0.25) is 0 Å². The first kappa shape index (κ1) is 14.8. The van der Waals surface area contributed by atoms with Gasteiger partial charge in [-0.15, -0.1) is 0 Å². The molecule has 4 nitrogen and oxygen atoms in total. The quantitative estimate of drug-likeness (QED) is 0.909. The predicted molar refractivity (Wildman–Crippen MR) is 78.7 cm³/mol. The van der Waals surface area contributed by atoms with Crippen molar-refractivity contribution in [2.45, 2.75) is 37.8 Å². The molecule has 2 aliphatic rings. The van der Waals surface area contributed by atoms with Gasteiger partial charge < -0.3 is 10.1 Å². The molecule has 116 valence electrons. The number of sulfone groups is 1. The van der Waals surface area contributed by atoms with E-state index < -0.39 is 9.84 Å². The second-order valence-electron chi connectivity index (χ2n) is 5.82. The highest BCUT2D eigenvalue weighted by molar-refractivity contribution is 7.91. The van der Waals surface area contributed by atoms with E-state index in [-0.39, 0.29) is 29.4 Å². The summed E-state index contributed by atoms with van der Waals surface area (Å²) in [5.74, 6) is 0.820. The molecule has 1 atom stereocenters. The third-order valence-corrected chi connectivity index (χ3v) is 5.95. The number of hydrogen-bond acceptors (Lipinski definition) is 4. The molecule has 0 amide bonds. The van der Waals surface area contributed by atoms with Gasteiger partial charge in [-0.1, -0.05) is 6.07 Å². The number of ether oxygens (including phenoxy) is 1. The first-order valence-corrected chi connectivity index (χ1v) is 9.24. The average Bonchev–Trinajstić information content (AvgIpc) is 2.63. The van der Waals surface area contributed by atoms with E-state index in [1.165, 1.54) is 12.1 Å². The molecule has 1 unspecified atom stereocenters. The van der Waals surface area contributed by atoms with Gasteiger partial charge in [-0.3, -0.25) is 0 Å². The minimum Gasteiger partial charge on any atom is -0.493 e. The Hall–Kier alpha value is -1.14. The molecule has 6 heteroatoms. The molecule has 0 bridgehead atoms. The van der Waals surface area contributed by atoms with E-state index in [0.29, 0.717) is 25.2 Å². The molecular weight excluding hydrogens is 293 g/mol. The average molecular weight is 313 g/mol. The van der Waals surface area contributed by atoms with Crippen LogP contribution in [0.15, 0.2) is 18.2 Å². The summed E-state index contributed by atoms with van der Waals surface area (Å²) in [6.45, 7) is 0.591. The molecule has 0 aliphatic carbocycles. The fourth-order valence-corrected chi connectivity index (χ4v) is 4.55. The molecule has 1 aromatic carbocycles. The smallest absolute Gasteiger partial charge is 0.150 e. The van der Waals surface area contributed by atoms with Crippen LogP contribution in [0.4, 0.5) is 4.39 Å². The Balaban J connectivity index is 1.74. The van der Waals surface area contributed by atoms with Crippen LogP contribution >= 0.6 is 0 Å². The SMILES string of the molecule is O=S1(=O)CCC(NC2CCCOc3cc(F)ccc32)CC1. The molecule has 0 radical (unpaired) electrons. The zero-order chi connectivity index (χ0) is 14.9. The van der Waals surface area contributed by atoms with E-state index in [0.717, 1.165) is 18.4 Å². The van der Waals surface area contributed by atoms with Gasteiger partial charge in [0.15, 0.2) is 0 Å². The van der Waals surface area contributed by atoms with Crippen LogP contribution < -0.4 is 10.1 Å². The lowest BCUT2D eigenvalue weighted by molar-refractivity contribution is 0.312. The number of nitrogens with one attached hydrogen (secondary N) is 1. The summed E-state index contributed by atoms with van der Waals surface area (Å²) < 4.78 is 41.9. The lowest BCUT2D eigenvalue weighted by Gasteiger charge is -2.28. The van der Waals surface area contributed by atoms with Crippen molar-refractivity contribution < 1.29 is 17.5 Å². The Labute approximate surface area is 124 Å². The van der Waals surface area contributed by atoms with E-state index >= 15 is 0 Å². The van der Waals surface area contributed by atoms with Crippen molar-refractivity contribution in [2.24, 2.45) is 0 Å². The molecule has 1 N–H and O–H groups in total. The van der Waals surface area contributed by atoms with Crippen molar-refractivity contribution in [3.8, 4) is 5.75 Å². The molecule has 2 aliphatic heterocycles. The Morgan fingerprint density at radius 3 is 2.71 bits per heavy atom. The van der Waals surface area contributed by atoms with Gasteiger partial charge in [-0.05, 0) is 31.7 Å². The summed E-state index contributed by atoms with van der Waals surface area (Å²) in [4.78, 5) is 0. The fourth-order valence-electron chi connectivity index (χ4n) is 3.06. The zero-order valence-electron chi connectivity index (χ0n) is 11.8. The molecule has 2 heterocycles. The highest BCUT2D eigenvalue weighted by Crippen LogP contribution is 2.33. The molecule has 21 heavy (non-hydrogen) atoms. The summed E-state index contributed by atoms with van der Waals surface area (Å²) in [5.41, 5.74) is 0.974. The largest absolute Gasteiger partial charge is 0.493 e. The van der Waals surface area contributed by atoms with Crippen molar-refractivity contribution in [3.05, 3.63) is 29.6 Å². The van der Waals surface area contributed by atoms with Gasteiger partial charge in [0.25, 0.3) is 0 Å². The second kappa shape index (κ2) is 5.93. The van der Waals surface area contributed by atoms with Crippen molar-refractivity contribution in [1.29, 1.82) is 0 Å². The topological polar surface area (TPSA) is 55.4 Å². The van der Waals surface area contributed by atoms with Crippen LogP contribution in [0, 0.1) is 5.82 Å². The third-order valence-electron chi connectivity index (χ3n) is 4.24. The summed E-state index contributed by atoms with van der Waals surface area (Å²) in [7, 11) is -2.84. The Kier molecular flexibility index (Phi) is 4.17. The number of benzene rings is 1. The molecular formula is C15H20FNO3S. The summed E-state index contributed by atoms with van der Waals surface area (Å²) in [5, 5.41) is 3.54. The maximum atomic E-state index is 13.3. The molecule has 0 aromatic heterocycles. The summed E-state index contributed by atoms with van der Waals surface area (Å²) in [6, 6.07) is 4.96. The van der Waals surface area contributed by atoms with Gasteiger partial charge in [0, 0.05) is 23.7 Å². The van der Waals surface area contributed by atoms with Crippen molar-refractivity contribution >= 4 is 9.84 Å². The van der Waals surface area contributed by atoms with E-state index in [1.54, 1.807) is 6.07 Å². The Bertz CT molecular complexity index is 603. The molecule has 1 saturated heterocycles. The minimum absolute atomic E-state index is 0.105. The van der Waals surface area contributed by atoms with Crippen LogP contribution in [0.2, 0.25) is 0 Å². The molecule has 1 fully saturated rings. The Morgan fingerprint density at radius 2 is 1.95 bits per heavy atom. The van der Waals surface area contributed by atoms with Gasteiger partial charge >= 0.3 is 0 Å². The maximum Gasteiger partial charge on any atom is 0.150 e. The van der Waals surface area contributed by atoms with Crippen LogP contribution in [-0.2, 0) is 9.84 Å². The lowest BCUT2D eigenvalue weighted by atomic mass is 9.99. The van der Waals surface area contributed by atoms with Gasteiger partial charge in [0.05, 0.1) is 18.1 Å². The van der Waals surface area contributed by atoms with Gasteiger partial charge in [0.1, 0.15) is 21.4 Å². The number of halogens is 1. The van der Waals surface area contributed by atoms with E-state index in [2.05, 4.69) is 5.32 Å². The predicted octanol–water partition coefficient (Wildman–Crippen LogP) is 2.21. The first-order chi connectivity index (χ1) is 10.0. The van der Waals surface area contributed by atoms with E-state index in [9.17, 15) is 12.8 Å². The Morgan fingerprint density at radius 1 is 1.19 bits per heavy atom. The van der Waals surface area contributed by atoms with E-state index in [1.807, 2.05) is 0 Å². The first-order valence-electron chi connectivity index (χ1n) is 7.42. The monoisotopic (exact) mass is 313 g/mol. The van der Waals surface area contributed by atoms with Crippen molar-refractivity contribution in [1.82, 2.24) is 5.32 Å². The number of hydrogen-bond donors (Lipinski definition) is 1. The molecule has 3 rings (SSSR count). The number of fused-ring (bicyclic) bond motifs is 1. The highest BCUT2D eigenvalue weighted by atomic mass is 32.2. The summed E-state index contributed by atoms with van der Waals surface area (Å²) in [6.07, 6.45) is 3.12. The van der Waals surface area contributed by atoms with Crippen LogP contribution in [0.5, 0.6) is 5.75 Å². The summed E-state index contributed by atoms with van der Waals surface area (Å²) >= 11 is 0. The van der Waals surface area contributed by atoms with Gasteiger partial charge in [-0.2, -0.15) is 0 Å². The molecule has 0 saturated carbocycles. The maximum absolute atomic E-state index is 13.3. The standard InChI is InChI=1S/C15H20FNO3S/c16-11-3-4-13-14(2-1-7-20-15(13)10-11)17-12-5-8-21(18,19)9-6-12/h3-4,10,12,14,17H,1-2,5-9H2. The van der Waals surface area contributed by atoms with E-state index in [4.69, 9.17) is 4.74 Å². The zero-order valence-corrected chi connectivity index (χ0v) is 12.7. The van der Waals surface area contributed by atoms with Gasteiger partial charge in [-0.25, -0.2) is 12.8 Å². The second-order valence-corrected chi connectivity index (χ2v) is 8.12. The van der Waals surface area contributed by atoms with Crippen molar-refractivity contribution in [3.63, 3.8) is 0 Å². The molecule has 1 aromatic rings. The molecule has 0 spiro atoms. The van der Waals surface area contributed by atoms with Crippen molar-refractivity contribution in [2.75, 3.05) is 18.1 Å².